The zero-order chi connectivity index (χ0) is 26.6. The highest BCUT2D eigenvalue weighted by atomic mass is 32.2. The van der Waals surface area contributed by atoms with Crippen molar-refractivity contribution in [3.63, 3.8) is 0 Å². The van der Waals surface area contributed by atoms with Crippen LogP contribution in [0.5, 0.6) is 0 Å². The Morgan fingerprint density at radius 2 is 2.11 bits per heavy atom. The van der Waals surface area contributed by atoms with E-state index in [0.29, 0.717) is 36.9 Å². The Morgan fingerprint density at radius 3 is 2.84 bits per heavy atom. The van der Waals surface area contributed by atoms with Crippen LogP contribution in [0.1, 0.15) is 50.4 Å². The molecule has 0 spiro atoms. The van der Waals surface area contributed by atoms with Crippen molar-refractivity contribution in [1.82, 2.24) is 23.6 Å². The van der Waals surface area contributed by atoms with Crippen molar-refractivity contribution in [3.8, 4) is 0 Å². The van der Waals surface area contributed by atoms with Gasteiger partial charge in [0.25, 0.3) is 10.0 Å². The summed E-state index contributed by atoms with van der Waals surface area (Å²) in [5, 5.41) is 4.89. The fourth-order valence-electron chi connectivity index (χ4n) is 4.40. The Balaban J connectivity index is 1.73. The Kier molecular flexibility index (Phi) is 8.19. The zero-order valence-electron chi connectivity index (χ0n) is 21.5. The van der Waals surface area contributed by atoms with Crippen LogP contribution in [0.15, 0.2) is 77.5 Å². The minimum atomic E-state index is -3.72. The van der Waals surface area contributed by atoms with Crippen molar-refractivity contribution in [1.29, 1.82) is 0 Å². The molecule has 10 heteroatoms. The van der Waals surface area contributed by atoms with Crippen LogP contribution in [0.4, 0.5) is 4.39 Å². The van der Waals surface area contributed by atoms with E-state index in [1.807, 2.05) is 29.8 Å². The van der Waals surface area contributed by atoms with Crippen LogP contribution in [0, 0.1) is 5.92 Å². The minimum Gasteiger partial charge on any atom is -0.339 e. The van der Waals surface area contributed by atoms with Gasteiger partial charge in [0, 0.05) is 38.5 Å². The number of nitrogens with zero attached hydrogens (tertiary/aromatic N) is 6. The first kappa shape index (κ1) is 26.7. The van der Waals surface area contributed by atoms with Crippen molar-refractivity contribution in [2.24, 2.45) is 18.0 Å². The normalized spacial score (nSPS) is 25.1. The number of sulfonamides is 1. The molecule has 0 aromatic carbocycles. The van der Waals surface area contributed by atoms with Crippen molar-refractivity contribution >= 4 is 27.6 Å². The van der Waals surface area contributed by atoms with Crippen LogP contribution in [-0.4, -0.2) is 51.4 Å². The lowest BCUT2D eigenvalue weighted by molar-refractivity contribution is 0.309. The van der Waals surface area contributed by atoms with Crippen LogP contribution in [0.2, 0.25) is 0 Å². The highest BCUT2D eigenvalue weighted by molar-refractivity contribution is 7.89. The number of halogens is 1. The number of piperidine rings is 1. The van der Waals surface area contributed by atoms with Gasteiger partial charge < -0.3 is 4.57 Å². The smallest absolute Gasteiger partial charge is 0.262 e. The van der Waals surface area contributed by atoms with Gasteiger partial charge in [0.05, 0.1) is 17.7 Å². The van der Waals surface area contributed by atoms with Gasteiger partial charge in [-0.3, -0.25) is 0 Å². The minimum absolute atomic E-state index is 0.0489. The van der Waals surface area contributed by atoms with E-state index in [0.717, 1.165) is 30.2 Å². The predicted octanol–water partition coefficient (Wildman–Crippen LogP) is 5.09. The first-order valence-electron chi connectivity index (χ1n) is 12.4. The quantitative estimate of drug-likeness (QED) is 0.472. The molecule has 4 rings (SSSR count). The van der Waals surface area contributed by atoms with Gasteiger partial charge >= 0.3 is 0 Å². The van der Waals surface area contributed by atoms with E-state index in [-0.39, 0.29) is 10.9 Å². The summed E-state index contributed by atoms with van der Waals surface area (Å²) in [7, 11) is -1.97. The van der Waals surface area contributed by atoms with E-state index in [1.165, 1.54) is 22.9 Å². The lowest BCUT2D eigenvalue weighted by Gasteiger charge is -2.31. The number of aliphatic imine (C=N–C) groups is 1. The molecule has 0 N–H and O–H groups in total. The molecule has 1 saturated heterocycles. The highest BCUT2D eigenvalue weighted by Crippen LogP contribution is 2.33. The molecule has 2 aliphatic heterocycles. The molecule has 4 heterocycles. The Bertz CT molecular complexity index is 1410. The molecular formula is C27H33FN6O2S. The Labute approximate surface area is 218 Å². The maximum atomic E-state index is 13.7. The van der Waals surface area contributed by atoms with Gasteiger partial charge in [-0.15, -0.1) is 0 Å². The van der Waals surface area contributed by atoms with E-state index >= 15 is 0 Å². The summed E-state index contributed by atoms with van der Waals surface area (Å²) in [6.07, 6.45) is 17.3. The molecule has 37 heavy (non-hydrogen) atoms. The molecule has 2 aromatic rings. The van der Waals surface area contributed by atoms with Gasteiger partial charge in [0.2, 0.25) is 0 Å². The number of hydrogen-bond donors (Lipinski definition) is 0. The van der Waals surface area contributed by atoms with E-state index in [9.17, 15) is 12.8 Å². The number of aryl methyl sites for hydroxylation is 1. The second-order valence-electron chi connectivity index (χ2n) is 9.49. The Hall–Kier alpha value is -3.37. The maximum Gasteiger partial charge on any atom is 0.262 e. The SMILES string of the molecule is C=C/C(F)=C\C=C(/C)c1cc(C2CCCN(S(=O)(=O)c3cn(C)cn3)C2)n(C2=C\CC(C)\C=C/C=N\2)n1. The summed E-state index contributed by atoms with van der Waals surface area (Å²) < 4.78 is 45.2. The van der Waals surface area contributed by atoms with Crippen LogP contribution in [0.25, 0.3) is 11.4 Å². The van der Waals surface area contributed by atoms with E-state index in [1.54, 1.807) is 23.9 Å². The molecule has 2 atom stereocenters. The molecule has 0 bridgehead atoms. The number of imidazole rings is 1. The lowest BCUT2D eigenvalue weighted by atomic mass is 9.95. The van der Waals surface area contributed by atoms with Crippen LogP contribution < -0.4 is 0 Å². The van der Waals surface area contributed by atoms with Gasteiger partial charge in [-0.05, 0) is 68.0 Å². The van der Waals surface area contributed by atoms with Gasteiger partial charge in [0.1, 0.15) is 11.6 Å². The molecule has 2 unspecified atom stereocenters. The first-order chi connectivity index (χ1) is 17.7. The van der Waals surface area contributed by atoms with E-state index < -0.39 is 15.9 Å². The number of rotatable bonds is 7. The standard InChI is InChI=1S/C27H33FN6O2S/c1-5-23(28)12-11-21(3)24-16-25(34(31-24)26-13-10-20(2)8-6-14-29-26)22-9-7-15-33(17-22)37(35,36)27-18-32(4)19-30-27/h5-6,8,11-14,16,18-20,22H,1,7,9-10,15,17H2,2-4H3/b8-6-,21-11+,23-12+,26-13-,29-14-. The van der Waals surface area contributed by atoms with E-state index in [4.69, 9.17) is 5.10 Å². The van der Waals surface area contributed by atoms with Crippen molar-refractivity contribution < 1.29 is 12.8 Å². The number of allylic oxidation sites excluding steroid dienone is 8. The monoisotopic (exact) mass is 524 g/mol. The van der Waals surface area contributed by atoms with Gasteiger partial charge in [-0.25, -0.2) is 27.5 Å². The summed E-state index contributed by atoms with van der Waals surface area (Å²) >= 11 is 0. The highest BCUT2D eigenvalue weighted by Gasteiger charge is 2.34. The molecule has 196 valence electrons. The average molecular weight is 525 g/mol. The third kappa shape index (κ3) is 6.14. The molecule has 8 nitrogen and oxygen atoms in total. The number of aromatic nitrogens is 4. The van der Waals surface area contributed by atoms with Gasteiger partial charge in [-0.1, -0.05) is 25.7 Å². The summed E-state index contributed by atoms with van der Waals surface area (Å²) in [6.45, 7) is 8.19. The third-order valence-corrected chi connectivity index (χ3v) is 8.29. The molecule has 0 amide bonds. The fraction of sp³-hybridized carbons (Fsp3) is 0.370. The summed E-state index contributed by atoms with van der Waals surface area (Å²) in [4.78, 5) is 8.70. The summed E-state index contributed by atoms with van der Waals surface area (Å²) in [5.41, 5.74) is 2.32. The lowest BCUT2D eigenvalue weighted by Crippen LogP contribution is -2.39. The van der Waals surface area contributed by atoms with Crippen LogP contribution in [-0.2, 0) is 17.1 Å². The van der Waals surface area contributed by atoms with Crippen molar-refractivity contribution in [2.75, 3.05) is 13.1 Å². The number of hydrogen-bond acceptors (Lipinski definition) is 5. The van der Waals surface area contributed by atoms with Crippen LogP contribution >= 0.6 is 0 Å². The second-order valence-corrected chi connectivity index (χ2v) is 11.4. The van der Waals surface area contributed by atoms with Gasteiger partial charge in [0.15, 0.2) is 5.03 Å². The van der Waals surface area contributed by atoms with Gasteiger partial charge in [-0.2, -0.15) is 9.40 Å². The van der Waals surface area contributed by atoms with Crippen molar-refractivity contribution in [2.45, 2.75) is 44.1 Å². The first-order valence-corrected chi connectivity index (χ1v) is 13.8. The maximum absolute atomic E-state index is 13.7. The molecule has 1 fully saturated rings. The molecule has 2 aromatic heterocycles. The summed E-state index contributed by atoms with van der Waals surface area (Å²) in [6, 6.07) is 1.96. The molecular weight excluding hydrogens is 491 g/mol. The van der Waals surface area contributed by atoms with Crippen LogP contribution in [0.3, 0.4) is 0 Å². The largest absolute Gasteiger partial charge is 0.339 e. The molecule has 0 saturated carbocycles. The molecule has 0 radical (unpaired) electrons. The van der Waals surface area contributed by atoms with E-state index in [2.05, 4.69) is 29.6 Å². The Morgan fingerprint density at radius 1 is 1.30 bits per heavy atom. The summed E-state index contributed by atoms with van der Waals surface area (Å²) in [5.74, 6) is 0.497. The average Bonchev–Trinajstić information content (AvgIpc) is 3.52. The second kappa shape index (κ2) is 11.4. The molecule has 2 aliphatic rings. The fourth-order valence-corrected chi connectivity index (χ4v) is 5.89. The third-order valence-electron chi connectivity index (χ3n) is 6.54. The topological polar surface area (TPSA) is 85.4 Å². The molecule has 0 aliphatic carbocycles. The predicted molar refractivity (Wildman–Crippen MR) is 145 cm³/mol. The zero-order valence-corrected chi connectivity index (χ0v) is 22.3. The van der Waals surface area contributed by atoms with Crippen molar-refractivity contribution in [3.05, 3.63) is 78.8 Å².